The van der Waals surface area contributed by atoms with Crippen LogP contribution in [0.1, 0.15) is 1.43 Å². The summed E-state index contributed by atoms with van der Waals surface area (Å²) in [6, 6.07) is 0. The Labute approximate surface area is 42.8 Å². The van der Waals surface area contributed by atoms with E-state index in [1.165, 1.54) is 0 Å². The molecule has 7 heavy (non-hydrogen) atoms. The molecule has 0 saturated carbocycles. The van der Waals surface area contributed by atoms with Crippen LogP contribution in [-0.4, -0.2) is 17.5 Å². The minimum absolute atomic E-state index is 0. The van der Waals surface area contributed by atoms with E-state index in [0.29, 0.717) is 0 Å². The van der Waals surface area contributed by atoms with E-state index >= 15 is 0 Å². The van der Waals surface area contributed by atoms with Crippen LogP contribution in [0.5, 0.6) is 0 Å². The Morgan fingerprint density at radius 3 is 1.14 bits per heavy atom. The van der Waals surface area contributed by atoms with E-state index in [2.05, 4.69) is 0 Å². The van der Waals surface area contributed by atoms with Crippen LogP contribution in [0.25, 0.3) is 0 Å². The standard InChI is InChI=1S/2H3N.H2O4S.H/c;;1-5(2,3)4;/h2*1H3;(H2,1,2,3,4);. The van der Waals surface area contributed by atoms with E-state index in [-0.39, 0.29) is 13.7 Å². The Kier molecular flexibility index (Phi) is 8.97. The molecule has 0 aliphatic rings. The molecule has 0 aliphatic heterocycles. The Morgan fingerprint density at radius 1 is 1.14 bits per heavy atom. The highest BCUT2D eigenvalue weighted by Gasteiger charge is 1.84. The first-order chi connectivity index (χ1) is 2.00. The lowest BCUT2D eigenvalue weighted by Gasteiger charge is -1.68. The average Bonchev–Trinajstić information content (AvgIpc) is 0.722. The second-order valence-corrected chi connectivity index (χ2v) is 1.34. The van der Waals surface area contributed by atoms with Gasteiger partial charge in [-0.3, -0.25) is 9.11 Å². The monoisotopic (exact) mass is 133 g/mol. The molecule has 6 nitrogen and oxygen atoms in total. The smallest absolute Gasteiger partial charge is 0.344 e. The van der Waals surface area contributed by atoms with Gasteiger partial charge in [0.2, 0.25) is 0 Å². The molecule has 8 N–H and O–H groups in total. The SMILES string of the molecule is N.N.O=S(=O)(O)O.[H]. The van der Waals surface area contributed by atoms with Gasteiger partial charge in [0.05, 0.1) is 0 Å². The summed E-state index contributed by atoms with van der Waals surface area (Å²) in [5, 5.41) is 0. The molecule has 0 aromatic rings. The zero-order valence-corrected chi connectivity index (χ0v) is 4.35. The van der Waals surface area contributed by atoms with Gasteiger partial charge in [-0.15, -0.1) is 0 Å². The van der Waals surface area contributed by atoms with Crippen molar-refractivity contribution in [2.45, 2.75) is 0 Å². The van der Waals surface area contributed by atoms with Crippen molar-refractivity contribution in [2.75, 3.05) is 0 Å². The topological polar surface area (TPSA) is 145 Å². The summed E-state index contributed by atoms with van der Waals surface area (Å²) in [6.07, 6.45) is 0. The van der Waals surface area contributed by atoms with Crippen LogP contribution in [0.4, 0.5) is 0 Å². The molecule has 7 heteroatoms. The summed E-state index contributed by atoms with van der Waals surface area (Å²) in [7, 11) is -4.67. The molecule has 0 aromatic heterocycles. The number of rotatable bonds is 0. The quantitative estimate of drug-likeness (QED) is 0.336. The zero-order chi connectivity index (χ0) is 4.50. The van der Waals surface area contributed by atoms with Crippen molar-refractivity contribution in [3.63, 3.8) is 0 Å². The second kappa shape index (κ2) is 3.96. The van der Waals surface area contributed by atoms with E-state index in [4.69, 9.17) is 17.5 Å². The molecule has 0 amide bonds. The first kappa shape index (κ1) is 15.8. The summed E-state index contributed by atoms with van der Waals surface area (Å²) < 4.78 is 31.6. The van der Waals surface area contributed by atoms with Gasteiger partial charge in [0.1, 0.15) is 0 Å². The molecule has 0 fully saturated rings. The van der Waals surface area contributed by atoms with Gasteiger partial charge in [0.15, 0.2) is 0 Å². The Bertz CT molecular complexity index is 97.2. The van der Waals surface area contributed by atoms with Crippen molar-refractivity contribution in [1.29, 1.82) is 0 Å². The maximum Gasteiger partial charge on any atom is 0.394 e. The summed E-state index contributed by atoms with van der Waals surface area (Å²) >= 11 is 0. The van der Waals surface area contributed by atoms with Gasteiger partial charge in [0, 0.05) is 1.43 Å². The summed E-state index contributed by atoms with van der Waals surface area (Å²) in [5.74, 6) is 0. The highest BCUT2D eigenvalue weighted by molar-refractivity contribution is 7.79. The molecule has 0 rings (SSSR count). The Morgan fingerprint density at radius 2 is 1.14 bits per heavy atom. The third-order valence-electron chi connectivity index (χ3n) is 0. The van der Waals surface area contributed by atoms with Crippen molar-refractivity contribution >= 4 is 10.4 Å². The lowest BCUT2D eigenvalue weighted by molar-refractivity contribution is 0.381. The van der Waals surface area contributed by atoms with Crippen LogP contribution < -0.4 is 12.3 Å². The van der Waals surface area contributed by atoms with E-state index in [1.54, 1.807) is 0 Å². The van der Waals surface area contributed by atoms with E-state index in [1.807, 2.05) is 0 Å². The molecule has 0 aliphatic carbocycles. The molecular weight excluding hydrogens is 124 g/mol. The normalized spacial score (nSPS) is 8.29. The lowest BCUT2D eigenvalue weighted by Crippen LogP contribution is -1.89. The molecular formula is H9N2O4S. The highest BCUT2D eigenvalue weighted by Crippen LogP contribution is 1.59. The van der Waals surface area contributed by atoms with Crippen molar-refractivity contribution in [1.82, 2.24) is 12.3 Å². The first-order valence-corrected chi connectivity index (χ1v) is 2.10. The number of hydrogen-bond donors (Lipinski definition) is 4. The molecule has 0 aromatic carbocycles. The summed E-state index contributed by atoms with van der Waals surface area (Å²) in [5.41, 5.74) is 0. The fourth-order valence-electron chi connectivity index (χ4n) is 0. The number of hydrogen-bond acceptors (Lipinski definition) is 4. The first-order valence-electron chi connectivity index (χ1n) is 0.698. The molecule has 0 heterocycles. The average molecular weight is 133 g/mol. The van der Waals surface area contributed by atoms with Gasteiger partial charge in [-0.05, 0) is 0 Å². The zero-order valence-electron chi connectivity index (χ0n) is 4.53. The molecule has 0 saturated heterocycles. The van der Waals surface area contributed by atoms with E-state index in [9.17, 15) is 0 Å². The van der Waals surface area contributed by atoms with Crippen LogP contribution in [0.15, 0.2) is 0 Å². The largest absolute Gasteiger partial charge is 0.394 e. The Balaban J connectivity index is -0.0000000267. The van der Waals surface area contributed by atoms with Gasteiger partial charge in [0.25, 0.3) is 0 Å². The van der Waals surface area contributed by atoms with Crippen LogP contribution in [0, 0.1) is 0 Å². The summed E-state index contributed by atoms with van der Waals surface area (Å²) in [4.78, 5) is 0. The van der Waals surface area contributed by atoms with E-state index in [0.717, 1.165) is 0 Å². The predicted molar refractivity (Wildman–Crippen MR) is 25.3 cm³/mol. The molecule has 0 atom stereocenters. The van der Waals surface area contributed by atoms with Crippen LogP contribution >= 0.6 is 0 Å². The molecule has 0 bridgehead atoms. The van der Waals surface area contributed by atoms with Gasteiger partial charge in [-0.2, -0.15) is 8.42 Å². The van der Waals surface area contributed by atoms with Gasteiger partial charge in [-0.1, -0.05) is 0 Å². The van der Waals surface area contributed by atoms with Gasteiger partial charge in [-0.25, -0.2) is 0 Å². The van der Waals surface area contributed by atoms with Gasteiger partial charge >= 0.3 is 10.4 Å². The fraction of sp³-hybridized carbons (Fsp3) is 0. The fourth-order valence-corrected chi connectivity index (χ4v) is 0. The molecule has 0 unspecified atom stereocenters. The van der Waals surface area contributed by atoms with Crippen LogP contribution in [0.3, 0.4) is 0 Å². The van der Waals surface area contributed by atoms with Crippen molar-refractivity contribution in [2.24, 2.45) is 0 Å². The third-order valence-corrected chi connectivity index (χ3v) is 0. The Hall–Kier alpha value is -0.210. The third kappa shape index (κ3) is 1890. The van der Waals surface area contributed by atoms with Crippen molar-refractivity contribution < 1.29 is 18.9 Å². The maximum absolute atomic E-state index is 8.74. The van der Waals surface area contributed by atoms with Crippen molar-refractivity contribution in [3.05, 3.63) is 0 Å². The molecule has 0 spiro atoms. The highest BCUT2D eigenvalue weighted by atomic mass is 32.3. The second-order valence-electron chi connectivity index (χ2n) is 0.448. The minimum Gasteiger partial charge on any atom is -0.344 e. The van der Waals surface area contributed by atoms with E-state index < -0.39 is 10.4 Å². The van der Waals surface area contributed by atoms with Crippen LogP contribution in [0.2, 0.25) is 0 Å². The lowest BCUT2D eigenvalue weighted by atomic mass is 14.0. The van der Waals surface area contributed by atoms with Crippen molar-refractivity contribution in [3.8, 4) is 0 Å². The molecule has 49 valence electrons. The minimum atomic E-state index is -4.67. The summed E-state index contributed by atoms with van der Waals surface area (Å²) in [6.45, 7) is 0. The molecule has 1 radical (unpaired) electrons. The maximum atomic E-state index is 8.74. The predicted octanol–water partition coefficient (Wildman–Crippen LogP) is -0.216. The van der Waals surface area contributed by atoms with Gasteiger partial charge < -0.3 is 12.3 Å². The van der Waals surface area contributed by atoms with Crippen LogP contribution in [-0.2, 0) is 10.4 Å².